The average molecular weight is 254 g/mol. The van der Waals surface area contributed by atoms with Crippen molar-refractivity contribution in [2.75, 3.05) is 6.54 Å². The number of carbonyl (C=O) groups excluding carboxylic acids is 1. The Bertz CT molecular complexity index is 235. The first-order valence-corrected chi connectivity index (χ1v) is 7.69. The van der Waals surface area contributed by atoms with E-state index in [2.05, 4.69) is 24.5 Å². The minimum atomic E-state index is -0.0743. The maximum absolute atomic E-state index is 11.8. The fourth-order valence-electron chi connectivity index (χ4n) is 2.82. The van der Waals surface area contributed by atoms with Crippen LogP contribution in [0.15, 0.2) is 0 Å². The molecule has 1 amide bonds. The minimum absolute atomic E-state index is 0.0743. The van der Waals surface area contributed by atoms with Crippen molar-refractivity contribution in [3.63, 3.8) is 0 Å². The van der Waals surface area contributed by atoms with Crippen LogP contribution in [0.4, 0.5) is 0 Å². The molecule has 1 fully saturated rings. The third-order valence-corrected chi connectivity index (χ3v) is 4.06. The quantitative estimate of drug-likeness (QED) is 0.716. The molecule has 2 atom stereocenters. The minimum Gasteiger partial charge on any atom is -0.355 e. The van der Waals surface area contributed by atoms with Gasteiger partial charge in [0.2, 0.25) is 5.91 Å². The lowest BCUT2D eigenvalue weighted by molar-refractivity contribution is -0.123. The normalized spacial score (nSPS) is 21.1. The lowest BCUT2D eigenvalue weighted by Gasteiger charge is -2.26. The molecule has 0 heterocycles. The van der Waals surface area contributed by atoms with Crippen molar-refractivity contribution in [2.45, 2.75) is 77.8 Å². The van der Waals surface area contributed by atoms with E-state index in [1.807, 2.05) is 6.92 Å². The summed E-state index contributed by atoms with van der Waals surface area (Å²) in [5, 5.41) is 6.43. The second-order valence-corrected chi connectivity index (χ2v) is 5.72. The second kappa shape index (κ2) is 8.52. The van der Waals surface area contributed by atoms with E-state index in [9.17, 15) is 4.79 Å². The summed E-state index contributed by atoms with van der Waals surface area (Å²) in [4.78, 5) is 11.8. The van der Waals surface area contributed by atoms with Crippen molar-refractivity contribution in [1.82, 2.24) is 10.6 Å². The molecule has 0 bridgehead atoms. The van der Waals surface area contributed by atoms with E-state index in [0.717, 1.165) is 18.9 Å². The molecule has 1 saturated carbocycles. The Kier molecular flexibility index (Phi) is 7.33. The third-order valence-electron chi connectivity index (χ3n) is 4.06. The number of hydrogen-bond donors (Lipinski definition) is 2. The van der Waals surface area contributed by atoms with Gasteiger partial charge in [0.15, 0.2) is 0 Å². The fraction of sp³-hybridized carbons (Fsp3) is 0.933. The lowest BCUT2D eigenvalue weighted by atomic mass is 9.92. The summed E-state index contributed by atoms with van der Waals surface area (Å²) in [6.45, 7) is 7.06. The molecular formula is C15H30N2O. The van der Waals surface area contributed by atoms with Gasteiger partial charge in [-0.25, -0.2) is 0 Å². The standard InChI is InChI=1S/C15H30N2O/c1-4-11-16-15(18)13(3)17-12(2)14-9-7-5-6-8-10-14/h12-14,17H,4-11H2,1-3H3,(H,16,18)/t12-,13?/m1/s1. The summed E-state index contributed by atoms with van der Waals surface area (Å²) < 4.78 is 0. The van der Waals surface area contributed by atoms with Gasteiger partial charge in [-0.05, 0) is 39.0 Å². The first-order chi connectivity index (χ1) is 8.65. The summed E-state index contributed by atoms with van der Waals surface area (Å²) >= 11 is 0. The Hall–Kier alpha value is -0.570. The number of amides is 1. The van der Waals surface area contributed by atoms with Crippen molar-refractivity contribution in [2.24, 2.45) is 5.92 Å². The maximum atomic E-state index is 11.8. The number of carbonyl (C=O) groups is 1. The van der Waals surface area contributed by atoms with Crippen molar-refractivity contribution in [3.8, 4) is 0 Å². The Morgan fingerprint density at radius 2 is 1.78 bits per heavy atom. The number of rotatable bonds is 6. The SMILES string of the molecule is CCCNC(=O)C(C)N[C@H](C)C1CCCCCC1. The van der Waals surface area contributed by atoms with Gasteiger partial charge in [0, 0.05) is 12.6 Å². The lowest BCUT2D eigenvalue weighted by Crippen LogP contribution is -2.48. The van der Waals surface area contributed by atoms with Crippen LogP contribution < -0.4 is 10.6 Å². The predicted molar refractivity (Wildman–Crippen MR) is 76.6 cm³/mol. The van der Waals surface area contributed by atoms with Crippen LogP contribution in [0.25, 0.3) is 0 Å². The Labute approximate surface area is 112 Å². The van der Waals surface area contributed by atoms with Crippen LogP contribution >= 0.6 is 0 Å². The molecule has 3 heteroatoms. The van der Waals surface area contributed by atoms with E-state index >= 15 is 0 Å². The molecule has 106 valence electrons. The summed E-state index contributed by atoms with van der Waals surface area (Å²) in [7, 11) is 0. The van der Waals surface area contributed by atoms with Gasteiger partial charge in [-0.15, -0.1) is 0 Å². The average Bonchev–Trinajstić information content (AvgIpc) is 2.64. The van der Waals surface area contributed by atoms with Gasteiger partial charge in [-0.2, -0.15) is 0 Å². The molecule has 0 radical (unpaired) electrons. The molecule has 0 aliphatic heterocycles. The van der Waals surface area contributed by atoms with Gasteiger partial charge in [0.1, 0.15) is 0 Å². The van der Waals surface area contributed by atoms with Gasteiger partial charge < -0.3 is 10.6 Å². The topological polar surface area (TPSA) is 41.1 Å². The summed E-state index contributed by atoms with van der Waals surface area (Å²) in [6.07, 6.45) is 9.11. The van der Waals surface area contributed by atoms with Gasteiger partial charge in [-0.1, -0.05) is 32.6 Å². The smallest absolute Gasteiger partial charge is 0.236 e. The van der Waals surface area contributed by atoms with E-state index in [-0.39, 0.29) is 11.9 Å². The zero-order chi connectivity index (χ0) is 13.4. The van der Waals surface area contributed by atoms with Gasteiger partial charge >= 0.3 is 0 Å². The second-order valence-electron chi connectivity index (χ2n) is 5.72. The molecule has 3 nitrogen and oxygen atoms in total. The molecule has 1 unspecified atom stereocenters. The highest BCUT2D eigenvalue weighted by atomic mass is 16.2. The first kappa shape index (κ1) is 15.5. The molecule has 0 aromatic heterocycles. The van der Waals surface area contributed by atoms with Crippen LogP contribution in [0, 0.1) is 5.92 Å². The molecule has 0 saturated heterocycles. The van der Waals surface area contributed by atoms with E-state index in [0.29, 0.717) is 6.04 Å². The third kappa shape index (κ3) is 5.38. The van der Waals surface area contributed by atoms with Crippen LogP contribution in [0.3, 0.4) is 0 Å². The van der Waals surface area contributed by atoms with Crippen molar-refractivity contribution in [1.29, 1.82) is 0 Å². The van der Waals surface area contributed by atoms with Crippen molar-refractivity contribution >= 4 is 5.91 Å². The summed E-state index contributed by atoms with van der Waals surface area (Å²) in [5.74, 6) is 0.881. The number of nitrogens with one attached hydrogen (secondary N) is 2. The van der Waals surface area contributed by atoms with E-state index in [4.69, 9.17) is 0 Å². The zero-order valence-corrected chi connectivity index (χ0v) is 12.3. The molecule has 0 aromatic rings. The molecule has 2 N–H and O–H groups in total. The van der Waals surface area contributed by atoms with Crippen LogP contribution in [0.2, 0.25) is 0 Å². The summed E-state index contributed by atoms with van der Waals surface area (Å²) in [6, 6.07) is 0.375. The van der Waals surface area contributed by atoms with Crippen LogP contribution in [0.5, 0.6) is 0 Å². The van der Waals surface area contributed by atoms with Gasteiger partial charge in [-0.3, -0.25) is 4.79 Å². The fourth-order valence-corrected chi connectivity index (χ4v) is 2.82. The molecule has 1 aliphatic rings. The first-order valence-electron chi connectivity index (χ1n) is 7.69. The molecule has 0 aromatic carbocycles. The molecular weight excluding hydrogens is 224 g/mol. The monoisotopic (exact) mass is 254 g/mol. The summed E-state index contributed by atoms with van der Waals surface area (Å²) in [5.41, 5.74) is 0. The molecule has 1 aliphatic carbocycles. The van der Waals surface area contributed by atoms with Gasteiger partial charge in [0.25, 0.3) is 0 Å². The van der Waals surface area contributed by atoms with Crippen molar-refractivity contribution < 1.29 is 4.79 Å². The Morgan fingerprint density at radius 1 is 1.17 bits per heavy atom. The van der Waals surface area contributed by atoms with Crippen molar-refractivity contribution in [3.05, 3.63) is 0 Å². The van der Waals surface area contributed by atoms with Gasteiger partial charge in [0.05, 0.1) is 6.04 Å². The zero-order valence-electron chi connectivity index (χ0n) is 12.3. The largest absolute Gasteiger partial charge is 0.355 e. The Morgan fingerprint density at radius 3 is 2.33 bits per heavy atom. The molecule has 0 spiro atoms. The van der Waals surface area contributed by atoms with Crippen LogP contribution in [0.1, 0.15) is 65.7 Å². The van der Waals surface area contributed by atoms with E-state index < -0.39 is 0 Å². The van der Waals surface area contributed by atoms with E-state index in [1.165, 1.54) is 38.5 Å². The van der Waals surface area contributed by atoms with E-state index in [1.54, 1.807) is 0 Å². The van der Waals surface area contributed by atoms with Crippen LogP contribution in [-0.4, -0.2) is 24.5 Å². The highest BCUT2D eigenvalue weighted by Crippen LogP contribution is 2.25. The highest BCUT2D eigenvalue weighted by molar-refractivity contribution is 5.81. The van der Waals surface area contributed by atoms with Crippen LogP contribution in [-0.2, 0) is 4.79 Å². The number of hydrogen-bond acceptors (Lipinski definition) is 2. The maximum Gasteiger partial charge on any atom is 0.236 e. The molecule has 18 heavy (non-hydrogen) atoms. The molecule has 1 rings (SSSR count). The highest BCUT2D eigenvalue weighted by Gasteiger charge is 2.22. The predicted octanol–water partition coefficient (Wildman–Crippen LogP) is 2.85. The Balaban J connectivity index is 2.32.